The molecule has 2 heterocycles. The number of hydrogen-bond donors (Lipinski definition) is 7. The highest BCUT2D eigenvalue weighted by atomic mass is 16.2. The van der Waals surface area contributed by atoms with Crippen molar-refractivity contribution in [2.75, 3.05) is 13.1 Å². The number of rotatable bonds is 7. The van der Waals surface area contributed by atoms with Gasteiger partial charge in [0.2, 0.25) is 5.91 Å². The van der Waals surface area contributed by atoms with E-state index < -0.39 is 0 Å². The van der Waals surface area contributed by atoms with Gasteiger partial charge in [0.25, 0.3) is 0 Å². The molecule has 1 aromatic carbocycles. The SMILES string of the molecule is CC(=O)NCCCNC1CC(C)NC(NC(=O)NC2Cc3ccccc3CN2)N1. The van der Waals surface area contributed by atoms with Gasteiger partial charge in [-0.15, -0.1) is 0 Å². The van der Waals surface area contributed by atoms with Gasteiger partial charge in [-0.2, -0.15) is 0 Å². The summed E-state index contributed by atoms with van der Waals surface area (Å²) in [6.07, 6.45) is 2.21. The van der Waals surface area contributed by atoms with E-state index in [9.17, 15) is 9.59 Å². The normalized spacial score (nSPS) is 26.3. The molecular formula is C20H33N7O2. The van der Waals surface area contributed by atoms with E-state index in [4.69, 9.17) is 0 Å². The maximum atomic E-state index is 12.5. The molecule has 3 amide bonds. The van der Waals surface area contributed by atoms with Crippen molar-refractivity contribution in [2.24, 2.45) is 0 Å². The van der Waals surface area contributed by atoms with E-state index >= 15 is 0 Å². The Morgan fingerprint density at radius 3 is 2.66 bits per heavy atom. The maximum absolute atomic E-state index is 12.5. The Labute approximate surface area is 172 Å². The third-order valence-electron chi connectivity index (χ3n) is 5.19. The zero-order chi connectivity index (χ0) is 20.6. The number of carbonyl (C=O) groups is 2. The predicted octanol–water partition coefficient (Wildman–Crippen LogP) is -0.345. The molecule has 4 unspecified atom stereocenters. The number of urea groups is 1. The topological polar surface area (TPSA) is 118 Å². The summed E-state index contributed by atoms with van der Waals surface area (Å²) in [5.74, 6) is -0.00941. The molecule has 1 fully saturated rings. The summed E-state index contributed by atoms with van der Waals surface area (Å²) in [4.78, 5) is 23.4. The first kappa shape index (κ1) is 21.5. The number of nitrogens with one attached hydrogen (secondary N) is 7. The number of fused-ring (bicyclic) bond motifs is 1. The molecule has 160 valence electrons. The van der Waals surface area contributed by atoms with E-state index in [1.165, 1.54) is 18.1 Å². The van der Waals surface area contributed by atoms with Crippen molar-refractivity contribution in [2.45, 2.75) is 64.3 Å². The van der Waals surface area contributed by atoms with Crippen molar-refractivity contribution in [3.8, 4) is 0 Å². The minimum atomic E-state index is -0.317. The second kappa shape index (κ2) is 10.5. The van der Waals surface area contributed by atoms with Gasteiger partial charge in [0.1, 0.15) is 6.29 Å². The van der Waals surface area contributed by atoms with Crippen LogP contribution in [0.3, 0.4) is 0 Å². The van der Waals surface area contributed by atoms with E-state index in [-0.39, 0.29) is 36.6 Å². The second-order valence-electron chi connectivity index (χ2n) is 7.77. The standard InChI is InChI=1S/C20H33N7O2/c1-13-10-17(22-9-5-8-21-14(2)28)25-19(24-13)27-20(29)26-18-11-15-6-3-4-7-16(15)12-23-18/h3-4,6-7,13,17-19,22-25H,5,8-12H2,1-2H3,(H,21,28)(H2,26,27,29). The van der Waals surface area contributed by atoms with Crippen molar-refractivity contribution >= 4 is 11.9 Å². The van der Waals surface area contributed by atoms with Crippen LogP contribution in [-0.2, 0) is 17.8 Å². The Hall–Kier alpha value is -2.20. The maximum Gasteiger partial charge on any atom is 0.318 e. The molecule has 1 saturated heterocycles. The van der Waals surface area contributed by atoms with E-state index in [0.717, 1.165) is 32.4 Å². The lowest BCUT2D eigenvalue weighted by atomic mass is 9.99. The van der Waals surface area contributed by atoms with Crippen molar-refractivity contribution in [1.29, 1.82) is 0 Å². The van der Waals surface area contributed by atoms with E-state index in [1.54, 1.807) is 0 Å². The summed E-state index contributed by atoms with van der Waals surface area (Å²) >= 11 is 0. The molecule has 1 aromatic rings. The number of hydrogen-bond acceptors (Lipinski definition) is 6. The highest BCUT2D eigenvalue weighted by Crippen LogP contribution is 2.15. The first-order valence-corrected chi connectivity index (χ1v) is 10.4. The lowest BCUT2D eigenvalue weighted by molar-refractivity contribution is -0.118. The zero-order valence-electron chi connectivity index (χ0n) is 17.2. The van der Waals surface area contributed by atoms with Gasteiger partial charge in [0.15, 0.2) is 0 Å². The fraction of sp³-hybridized carbons (Fsp3) is 0.600. The van der Waals surface area contributed by atoms with Gasteiger partial charge >= 0.3 is 6.03 Å². The summed E-state index contributed by atoms with van der Waals surface area (Å²) in [6, 6.07) is 8.32. The molecule has 0 saturated carbocycles. The Kier molecular flexibility index (Phi) is 7.82. The molecular weight excluding hydrogens is 370 g/mol. The average molecular weight is 404 g/mol. The van der Waals surface area contributed by atoms with Gasteiger partial charge in [-0.25, -0.2) is 4.79 Å². The lowest BCUT2D eigenvalue weighted by Crippen LogP contribution is -2.69. The molecule has 0 aromatic heterocycles. The molecule has 0 bridgehead atoms. The first-order chi connectivity index (χ1) is 14.0. The quantitative estimate of drug-likeness (QED) is 0.313. The molecule has 7 N–H and O–H groups in total. The third kappa shape index (κ3) is 6.97. The van der Waals surface area contributed by atoms with Crippen molar-refractivity contribution < 1.29 is 9.59 Å². The van der Waals surface area contributed by atoms with Crippen LogP contribution >= 0.6 is 0 Å². The van der Waals surface area contributed by atoms with Crippen LogP contribution in [0.2, 0.25) is 0 Å². The molecule has 0 spiro atoms. The van der Waals surface area contributed by atoms with Crippen molar-refractivity contribution in [1.82, 2.24) is 37.2 Å². The fourth-order valence-corrected chi connectivity index (χ4v) is 3.77. The van der Waals surface area contributed by atoms with Gasteiger partial charge in [0, 0.05) is 32.5 Å². The third-order valence-corrected chi connectivity index (χ3v) is 5.19. The average Bonchev–Trinajstić information content (AvgIpc) is 2.67. The number of amides is 3. The molecule has 0 radical (unpaired) electrons. The first-order valence-electron chi connectivity index (χ1n) is 10.4. The molecule has 9 heteroatoms. The van der Waals surface area contributed by atoms with Gasteiger partial charge < -0.3 is 21.3 Å². The molecule has 4 atom stereocenters. The molecule has 2 aliphatic rings. The fourth-order valence-electron chi connectivity index (χ4n) is 3.77. The number of carbonyl (C=O) groups excluding carboxylic acids is 2. The highest BCUT2D eigenvalue weighted by molar-refractivity contribution is 5.74. The van der Waals surface area contributed by atoms with E-state index in [2.05, 4.69) is 56.3 Å². The zero-order valence-corrected chi connectivity index (χ0v) is 17.2. The number of benzene rings is 1. The second-order valence-corrected chi connectivity index (χ2v) is 7.77. The van der Waals surface area contributed by atoms with Gasteiger partial charge in [0.05, 0.1) is 12.3 Å². The monoisotopic (exact) mass is 403 g/mol. The van der Waals surface area contributed by atoms with E-state index in [1.807, 2.05) is 12.1 Å². The van der Waals surface area contributed by atoms with Crippen molar-refractivity contribution in [3.05, 3.63) is 35.4 Å². The predicted molar refractivity (Wildman–Crippen MR) is 112 cm³/mol. The van der Waals surface area contributed by atoms with Gasteiger partial charge in [-0.05, 0) is 37.4 Å². The van der Waals surface area contributed by atoms with Gasteiger partial charge in [-0.3, -0.25) is 20.7 Å². The van der Waals surface area contributed by atoms with Crippen LogP contribution in [0.1, 0.15) is 37.8 Å². The summed E-state index contributed by atoms with van der Waals surface area (Å²) in [5, 5.41) is 22.3. The summed E-state index contributed by atoms with van der Waals surface area (Å²) < 4.78 is 0. The van der Waals surface area contributed by atoms with Crippen LogP contribution in [-0.4, -0.2) is 49.7 Å². The summed E-state index contributed by atoms with van der Waals surface area (Å²) in [7, 11) is 0. The lowest BCUT2D eigenvalue weighted by Gasteiger charge is -2.37. The highest BCUT2D eigenvalue weighted by Gasteiger charge is 2.26. The van der Waals surface area contributed by atoms with Crippen LogP contribution in [0.25, 0.3) is 0 Å². The summed E-state index contributed by atoms with van der Waals surface area (Å²) in [6.45, 7) is 5.81. The molecule has 2 aliphatic heterocycles. The largest absolute Gasteiger partial charge is 0.356 e. The molecule has 0 aliphatic carbocycles. The van der Waals surface area contributed by atoms with Crippen LogP contribution in [0.15, 0.2) is 24.3 Å². The minimum absolute atomic E-state index is 0.00941. The van der Waals surface area contributed by atoms with Crippen LogP contribution in [0.5, 0.6) is 0 Å². The Bertz CT molecular complexity index is 699. The smallest absolute Gasteiger partial charge is 0.318 e. The molecule has 29 heavy (non-hydrogen) atoms. The Morgan fingerprint density at radius 1 is 1.07 bits per heavy atom. The van der Waals surface area contributed by atoms with Crippen LogP contribution in [0.4, 0.5) is 4.79 Å². The van der Waals surface area contributed by atoms with Crippen LogP contribution < -0.4 is 37.2 Å². The summed E-state index contributed by atoms with van der Waals surface area (Å²) in [5.41, 5.74) is 2.55. The minimum Gasteiger partial charge on any atom is -0.356 e. The van der Waals surface area contributed by atoms with Crippen molar-refractivity contribution in [3.63, 3.8) is 0 Å². The Morgan fingerprint density at radius 2 is 1.86 bits per heavy atom. The Balaban J connectivity index is 1.39. The molecule has 3 rings (SSSR count). The molecule has 9 nitrogen and oxygen atoms in total. The van der Waals surface area contributed by atoms with E-state index in [0.29, 0.717) is 6.54 Å². The van der Waals surface area contributed by atoms with Crippen LogP contribution in [0, 0.1) is 0 Å². The van der Waals surface area contributed by atoms with Gasteiger partial charge in [-0.1, -0.05) is 24.3 Å².